The molecule has 0 aliphatic rings. The lowest BCUT2D eigenvalue weighted by molar-refractivity contribution is 0.644. The Balaban J connectivity index is 0.00000289. The number of para-hydroxylation sites is 1. The van der Waals surface area contributed by atoms with Crippen molar-refractivity contribution >= 4 is 52.9 Å². The van der Waals surface area contributed by atoms with Gasteiger partial charge in [0.1, 0.15) is 0 Å². The Morgan fingerprint density at radius 2 is 1.78 bits per heavy atom. The van der Waals surface area contributed by atoms with Crippen LogP contribution in [0.5, 0.6) is 0 Å². The van der Waals surface area contributed by atoms with E-state index in [1.54, 1.807) is 18.1 Å². The SMILES string of the molecule is CSC(N=CN(C)C)=Nc1c(C)cccc1C.I. The molecule has 3 nitrogen and oxygen atoms in total. The first-order valence-electron chi connectivity index (χ1n) is 5.44. The highest BCUT2D eigenvalue weighted by Crippen LogP contribution is 2.24. The number of thioether (sulfide) groups is 1. The van der Waals surface area contributed by atoms with E-state index in [1.807, 2.05) is 31.3 Å². The van der Waals surface area contributed by atoms with Crippen LogP contribution in [0.4, 0.5) is 5.69 Å². The fourth-order valence-electron chi connectivity index (χ4n) is 1.37. The Kier molecular flexibility index (Phi) is 8.26. The Hall–Kier alpha value is -0.560. The number of amidine groups is 1. The standard InChI is InChI=1S/C13H19N3S.HI/c1-10-7-6-8-11(2)12(10)15-13(17-5)14-9-16(3)4;/h6-9H,1-5H3;1H. The molecule has 18 heavy (non-hydrogen) atoms. The molecule has 1 aromatic carbocycles. The minimum Gasteiger partial charge on any atom is -0.369 e. The molecule has 0 saturated heterocycles. The van der Waals surface area contributed by atoms with Crippen molar-refractivity contribution in [3.8, 4) is 0 Å². The first kappa shape index (κ1) is 17.4. The van der Waals surface area contributed by atoms with E-state index in [2.05, 4.69) is 36.0 Å². The molecule has 0 unspecified atom stereocenters. The molecule has 0 aliphatic carbocycles. The van der Waals surface area contributed by atoms with Gasteiger partial charge < -0.3 is 4.90 Å². The summed E-state index contributed by atoms with van der Waals surface area (Å²) in [6.07, 6.45) is 3.75. The summed E-state index contributed by atoms with van der Waals surface area (Å²) >= 11 is 1.55. The third kappa shape index (κ3) is 5.39. The molecule has 1 aromatic rings. The van der Waals surface area contributed by atoms with Crippen LogP contribution < -0.4 is 0 Å². The van der Waals surface area contributed by atoms with Gasteiger partial charge in [0.25, 0.3) is 0 Å². The summed E-state index contributed by atoms with van der Waals surface area (Å²) in [5.41, 5.74) is 3.38. The maximum absolute atomic E-state index is 4.60. The summed E-state index contributed by atoms with van der Waals surface area (Å²) in [5, 5.41) is 0.774. The molecular formula is C13H20IN3S. The van der Waals surface area contributed by atoms with Gasteiger partial charge in [0.15, 0.2) is 5.17 Å². The Bertz CT molecular complexity index is 422. The average molecular weight is 377 g/mol. The van der Waals surface area contributed by atoms with E-state index in [-0.39, 0.29) is 24.0 Å². The molecule has 0 saturated carbocycles. The van der Waals surface area contributed by atoms with Gasteiger partial charge in [-0.2, -0.15) is 0 Å². The molecule has 0 aliphatic heterocycles. The number of aliphatic imine (C=N–C) groups is 2. The second-order valence-electron chi connectivity index (χ2n) is 4.05. The number of benzene rings is 1. The van der Waals surface area contributed by atoms with Crippen molar-refractivity contribution in [1.82, 2.24) is 4.90 Å². The average Bonchev–Trinajstić information content (AvgIpc) is 2.27. The minimum atomic E-state index is 0. The predicted octanol–water partition coefficient (Wildman–Crippen LogP) is 3.86. The minimum absolute atomic E-state index is 0. The van der Waals surface area contributed by atoms with Crippen LogP contribution in [0.3, 0.4) is 0 Å². The van der Waals surface area contributed by atoms with Gasteiger partial charge in [-0.15, -0.1) is 24.0 Å². The number of halogens is 1. The van der Waals surface area contributed by atoms with Crippen LogP contribution in [0.2, 0.25) is 0 Å². The number of aryl methyl sites for hydroxylation is 2. The van der Waals surface area contributed by atoms with Crippen LogP contribution >= 0.6 is 35.7 Å². The van der Waals surface area contributed by atoms with Crippen molar-refractivity contribution in [3.05, 3.63) is 29.3 Å². The van der Waals surface area contributed by atoms with E-state index in [4.69, 9.17) is 0 Å². The Labute approximate surface area is 131 Å². The number of hydrogen-bond donors (Lipinski definition) is 0. The molecule has 0 N–H and O–H groups in total. The maximum Gasteiger partial charge on any atom is 0.189 e. The van der Waals surface area contributed by atoms with Gasteiger partial charge in [0, 0.05) is 14.1 Å². The Morgan fingerprint density at radius 3 is 2.22 bits per heavy atom. The van der Waals surface area contributed by atoms with Gasteiger partial charge in [-0.25, -0.2) is 9.98 Å². The normalized spacial score (nSPS) is 11.5. The van der Waals surface area contributed by atoms with Crippen molar-refractivity contribution in [1.29, 1.82) is 0 Å². The van der Waals surface area contributed by atoms with Crippen LogP contribution in [0.1, 0.15) is 11.1 Å². The highest BCUT2D eigenvalue weighted by atomic mass is 127. The van der Waals surface area contributed by atoms with Crippen LogP contribution in [-0.2, 0) is 0 Å². The molecule has 0 heterocycles. The second kappa shape index (κ2) is 8.53. The van der Waals surface area contributed by atoms with Crippen LogP contribution in [0, 0.1) is 13.8 Å². The van der Waals surface area contributed by atoms with Gasteiger partial charge >= 0.3 is 0 Å². The third-order valence-electron chi connectivity index (χ3n) is 2.23. The summed E-state index contributed by atoms with van der Waals surface area (Å²) in [6, 6.07) is 6.18. The summed E-state index contributed by atoms with van der Waals surface area (Å²) in [4.78, 5) is 10.8. The van der Waals surface area contributed by atoms with E-state index >= 15 is 0 Å². The molecule has 0 radical (unpaired) electrons. The van der Waals surface area contributed by atoms with Crippen LogP contribution in [0.25, 0.3) is 0 Å². The summed E-state index contributed by atoms with van der Waals surface area (Å²) < 4.78 is 0. The van der Waals surface area contributed by atoms with E-state index in [0.717, 1.165) is 10.9 Å². The molecule has 1 rings (SSSR count). The van der Waals surface area contributed by atoms with Gasteiger partial charge in [-0.3, -0.25) is 0 Å². The van der Waals surface area contributed by atoms with E-state index in [0.29, 0.717) is 0 Å². The van der Waals surface area contributed by atoms with Gasteiger partial charge in [-0.05, 0) is 31.2 Å². The van der Waals surface area contributed by atoms with Gasteiger partial charge in [0.2, 0.25) is 0 Å². The monoisotopic (exact) mass is 377 g/mol. The van der Waals surface area contributed by atoms with Crippen molar-refractivity contribution in [2.24, 2.45) is 9.98 Å². The first-order chi connectivity index (χ1) is 8.04. The Morgan fingerprint density at radius 1 is 1.22 bits per heavy atom. The summed E-state index contributed by atoms with van der Waals surface area (Å²) in [6.45, 7) is 4.14. The molecular weight excluding hydrogens is 357 g/mol. The lowest BCUT2D eigenvalue weighted by Crippen LogP contribution is -2.08. The number of nitrogens with zero attached hydrogens (tertiary/aromatic N) is 3. The van der Waals surface area contributed by atoms with E-state index in [1.165, 1.54) is 11.1 Å². The maximum atomic E-state index is 4.60. The fourth-order valence-corrected chi connectivity index (χ4v) is 1.70. The lowest BCUT2D eigenvalue weighted by atomic mass is 10.1. The van der Waals surface area contributed by atoms with Crippen molar-refractivity contribution in [2.45, 2.75) is 13.8 Å². The number of rotatable bonds is 2. The first-order valence-corrected chi connectivity index (χ1v) is 6.66. The molecule has 0 spiro atoms. The third-order valence-corrected chi connectivity index (χ3v) is 2.79. The van der Waals surface area contributed by atoms with Gasteiger partial charge in [0.05, 0.1) is 12.0 Å². The van der Waals surface area contributed by atoms with E-state index in [9.17, 15) is 0 Å². The molecule has 5 heteroatoms. The quantitative estimate of drug-likeness (QED) is 0.445. The molecule has 0 fully saturated rings. The molecule has 0 aromatic heterocycles. The van der Waals surface area contributed by atoms with Crippen molar-refractivity contribution in [2.75, 3.05) is 20.4 Å². The smallest absolute Gasteiger partial charge is 0.189 e. The summed E-state index contributed by atoms with van der Waals surface area (Å²) in [5.74, 6) is 0. The zero-order chi connectivity index (χ0) is 12.8. The highest BCUT2D eigenvalue weighted by Gasteiger charge is 2.02. The molecule has 100 valence electrons. The number of hydrogen-bond acceptors (Lipinski definition) is 2. The van der Waals surface area contributed by atoms with Crippen LogP contribution in [-0.4, -0.2) is 36.8 Å². The van der Waals surface area contributed by atoms with E-state index < -0.39 is 0 Å². The zero-order valence-corrected chi connectivity index (χ0v) is 14.6. The van der Waals surface area contributed by atoms with Crippen molar-refractivity contribution < 1.29 is 0 Å². The van der Waals surface area contributed by atoms with Crippen molar-refractivity contribution in [3.63, 3.8) is 0 Å². The predicted molar refractivity (Wildman–Crippen MR) is 94.1 cm³/mol. The highest BCUT2D eigenvalue weighted by molar-refractivity contribution is 14.0. The largest absolute Gasteiger partial charge is 0.369 e. The van der Waals surface area contributed by atoms with Gasteiger partial charge in [-0.1, -0.05) is 30.0 Å². The zero-order valence-electron chi connectivity index (χ0n) is 11.5. The van der Waals surface area contributed by atoms with Crippen LogP contribution in [0.15, 0.2) is 28.2 Å². The molecule has 0 atom stereocenters. The molecule has 0 amide bonds. The topological polar surface area (TPSA) is 28.0 Å². The second-order valence-corrected chi connectivity index (χ2v) is 4.82. The lowest BCUT2D eigenvalue weighted by Gasteiger charge is -2.06. The fraction of sp³-hybridized carbons (Fsp3) is 0.385. The molecule has 0 bridgehead atoms. The summed E-state index contributed by atoms with van der Waals surface area (Å²) in [7, 11) is 3.89.